The molecule has 22 heavy (non-hydrogen) atoms. The normalized spacial score (nSPS) is 29.6. The lowest BCUT2D eigenvalue weighted by molar-refractivity contribution is 0.0395. The van der Waals surface area contributed by atoms with Crippen LogP contribution in [0.4, 0.5) is 0 Å². The van der Waals surface area contributed by atoms with E-state index in [9.17, 15) is 9.90 Å². The SMILES string of the molecule is O=C(NC[C@H]1OC[C@@H](NC2CCNCC2)[C@@H]1O)c1cccs1. The maximum Gasteiger partial charge on any atom is 0.261 e. The number of aliphatic hydroxyl groups is 1. The van der Waals surface area contributed by atoms with Crippen LogP contribution in [0.1, 0.15) is 22.5 Å². The van der Waals surface area contributed by atoms with Crippen molar-refractivity contribution in [3.8, 4) is 0 Å². The number of thiophene rings is 1. The van der Waals surface area contributed by atoms with E-state index in [1.807, 2.05) is 11.4 Å². The van der Waals surface area contributed by atoms with Crippen molar-refractivity contribution in [1.29, 1.82) is 0 Å². The molecule has 1 aromatic heterocycles. The molecule has 0 spiro atoms. The summed E-state index contributed by atoms with van der Waals surface area (Å²) in [6.45, 7) is 2.86. The molecule has 2 fully saturated rings. The first-order valence-corrected chi connectivity index (χ1v) is 8.70. The average molecular weight is 325 g/mol. The maximum absolute atomic E-state index is 11.9. The fourth-order valence-corrected chi connectivity index (χ4v) is 3.63. The summed E-state index contributed by atoms with van der Waals surface area (Å²) >= 11 is 1.40. The largest absolute Gasteiger partial charge is 0.389 e. The highest BCUT2D eigenvalue weighted by Gasteiger charge is 2.37. The molecule has 0 aromatic carbocycles. The number of ether oxygens (including phenoxy) is 1. The van der Waals surface area contributed by atoms with Gasteiger partial charge < -0.3 is 25.8 Å². The molecule has 3 rings (SSSR count). The molecule has 1 amide bonds. The van der Waals surface area contributed by atoms with Gasteiger partial charge in [0.25, 0.3) is 5.91 Å². The summed E-state index contributed by atoms with van der Waals surface area (Å²) in [6, 6.07) is 4.02. The van der Waals surface area contributed by atoms with E-state index in [0.717, 1.165) is 25.9 Å². The van der Waals surface area contributed by atoms with Crippen LogP contribution in [0.5, 0.6) is 0 Å². The minimum absolute atomic E-state index is 0.0493. The number of hydrogen-bond donors (Lipinski definition) is 4. The third-order valence-corrected chi connectivity index (χ3v) is 5.15. The van der Waals surface area contributed by atoms with Crippen molar-refractivity contribution >= 4 is 17.2 Å². The van der Waals surface area contributed by atoms with Gasteiger partial charge >= 0.3 is 0 Å². The van der Waals surface area contributed by atoms with Crippen molar-refractivity contribution in [3.05, 3.63) is 22.4 Å². The van der Waals surface area contributed by atoms with Crippen LogP contribution < -0.4 is 16.0 Å². The molecule has 0 radical (unpaired) electrons. The summed E-state index contributed by atoms with van der Waals surface area (Å²) in [5, 5.41) is 21.9. The van der Waals surface area contributed by atoms with E-state index in [-0.39, 0.29) is 18.1 Å². The Balaban J connectivity index is 1.44. The van der Waals surface area contributed by atoms with Crippen LogP contribution in [0.15, 0.2) is 17.5 Å². The number of nitrogens with one attached hydrogen (secondary N) is 3. The van der Waals surface area contributed by atoms with Gasteiger partial charge in [-0.15, -0.1) is 11.3 Å². The number of hydrogen-bond acceptors (Lipinski definition) is 6. The fraction of sp³-hybridized carbons (Fsp3) is 0.667. The van der Waals surface area contributed by atoms with Crippen molar-refractivity contribution in [2.45, 2.75) is 37.1 Å². The third-order valence-electron chi connectivity index (χ3n) is 4.28. The molecule has 7 heteroatoms. The average Bonchev–Trinajstić information content (AvgIpc) is 3.18. The summed E-state index contributed by atoms with van der Waals surface area (Å²) in [7, 11) is 0. The summed E-state index contributed by atoms with van der Waals surface area (Å²) in [5.74, 6) is -0.111. The van der Waals surface area contributed by atoms with Gasteiger partial charge in [-0.05, 0) is 37.4 Å². The molecule has 0 aliphatic carbocycles. The zero-order valence-electron chi connectivity index (χ0n) is 12.5. The lowest BCUT2D eigenvalue weighted by Crippen LogP contribution is -2.50. The first-order chi connectivity index (χ1) is 10.7. The zero-order chi connectivity index (χ0) is 15.4. The molecule has 0 saturated carbocycles. The number of carbonyl (C=O) groups is 1. The van der Waals surface area contributed by atoms with Crippen molar-refractivity contribution in [2.75, 3.05) is 26.2 Å². The van der Waals surface area contributed by atoms with Gasteiger partial charge in [-0.2, -0.15) is 0 Å². The third kappa shape index (κ3) is 3.85. The molecule has 6 nitrogen and oxygen atoms in total. The van der Waals surface area contributed by atoms with E-state index in [2.05, 4.69) is 16.0 Å². The Bertz CT molecular complexity index is 476. The van der Waals surface area contributed by atoms with Crippen molar-refractivity contribution in [3.63, 3.8) is 0 Å². The van der Waals surface area contributed by atoms with Crippen LogP contribution in [0.25, 0.3) is 0 Å². The highest BCUT2D eigenvalue weighted by atomic mass is 32.1. The predicted octanol–water partition coefficient (Wildman–Crippen LogP) is -0.0522. The molecule has 3 heterocycles. The predicted molar refractivity (Wildman–Crippen MR) is 85.2 cm³/mol. The first-order valence-electron chi connectivity index (χ1n) is 7.82. The van der Waals surface area contributed by atoms with E-state index in [1.165, 1.54) is 11.3 Å². The Hall–Kier alpha value is -0.990. The van der Waals surface area contributed by atoms with E-state index < -0.39 is 6.10 Å². The van der Waals surface area contributed by atoms with Crippen LogP contribution in [-0.2, 0) is 4.74 Å². The van der Waals surface area contributed by atoms with Crippen molar-refractivity contribution < 1.29 is 14.6 Å². The molecule has 1 aromatic rings. The van der Waals surface area contributed by atoms with Crippen molar-refractivity contribution in [1.82, 2.24) is 16.0 Å². The molecular weight excluding hydrogens is 302 g/mol. The van der Waals surface area contributed by atoms with Gasteiger partial charge in [-0.3, -0.25) is 4.79 Å². The number of amides is 1. The number of rotatable bonds is 5. The van der Waals surface area contributed by atoms with Gasteiger partial charge in [-0.1, -0.05) is 6.07 Å². The van der Waals surface area contributed by atoms with E-state index in [4.69, 9.17) is 4.74 Å². The highest BCUT2D eigenvalue weighted by molar-refractivity contribution is 7.12. The topological polar surface area (TPSA) is 82.6 Å². The van der Waals surface area contributed by atoms with E-state index in [1.54, 1.807) is 6.07 Å². The molecular formula is C15H23N3O3S. The summed E-state index contributed by atoms with van der Waals surface area (Å²) in [5.41, 5.74) is 0. The Labute approximate surface area is 134 Å². The second-order valence-electron chi connectivity index (χ2n) is 5.85. The number of carbonyl (C=O) groups excluding carboxylic acids is 1. The molecule has 0 bridgehead atoms. The lowest BCUT2D eigenvalue weighted by Gasteiger charge is -2.28. The monoisotopic (exact) mass is 325 g/mol. The zero-order valence-corrected chi connectivity index (χ0v) is 13.3. The first kappa shape index (κ1) is 15.9. The smallest absolute Gasteiger partial charge is 0.261 e. The second kappa shape index (κ2) is 7.52. The van der Waals surface area contributed by atoms with Crippen LogP contribution in [-0.4, -0.2) is 61.5 Å². The second-order valence-corrected chi connectivity index (χ2v) is 6.79. The number of aliphatic hydroxyl groups excluding tert-OH is 1. The van der Waals surface area contributed by atoms with Gasteiger partial charge in [0, 0.05) is 12.6 Å². The molecule has 3 atom stereocenters. The van der Waals surface area contributed by atoms with Crippen LogP contribution >= 0.6 is 11.3 Å². The fourth-order valence-electron chi connectivity index (χ4n) is 2.99. The van der Waals surface area contributed by atoms with Gasteiger partial charge in [-0.25, -0.2) is 0 Å². The lowest BCUT2D eigenvalue weighted by atomic mass is 10.0. The van der Waals surface area contributed by atoms with Crippen molar-refractivity contribution in [2.24, 2.45) is 0 Å². The Morgan fingerprint density at radius 2 is 2.27 bits per heavy atom. The summed E-state index contributed by atoms with van der Waals surface area (Å²) in [6.07, 6.45) is 1.22. The van der Waals surface area contributed by atoms with Gasteiger partial charge in [0.15, 0.2) is 0 Å². The standard InChI is InChI=1S/C15H23N3O3S/c19-14-11(18-10-3-5-16-6-4-10)9-21-12(14)8-17-15(20)13-2-1-7-22-13/h1-2,7,10-12,14,16,18-19H,3-6,8-9H2,(H,17,20)/t11-,12-,14+/m1/s1. The van der Waals surface area contributed by atoms with E-state index in [0.29, 0.717) is 24.1 Å². The summed E-state index contributed by atoms with van der Waals surface area (Å²) in [4.78, 5) is 12.6. The Morgan fingerprint density at radius 3 is 3.00 bits per heavy atom. The number of piperidine rings is 1. The molecule has 0 unspecified atom stereocenters. The Morgan fingerprint density at radius 1 is 1.45 bits per heavy atom. The molecule has 2 aliphatic heterocycles. The molecule has 122 valence electrons. The van der Waals surface area contributed by atoms with Crippen LogP contribution in [0.2, 0.25) is 0 Å². The van der Waals surface area contributed by atoms with Gasteiger partial charge in [0.05, 0.1) is 23.6 Å². The van der Waals surface area contributed by atoms with E-state index >= 15 is 0 Å². The summed E-state index contributed by atoms with van der Waals surface area (Å²) < 4.78 is 5.65. The molecule has 2 aliphatic rings. The Kier molecular flexibility index (Phi) is 5.43. The minimum Gasteiger partial charge on any atom is -0.389 e. The maximum atomic E-state index is 11.9. The van der Waals surface area contributed by atoms with Crippen LogP contribution in [0.3, 0.4) is 0 Å². The molecule has 2 saturated heterocycles. The molecule has 4 N–H and O–H groups in total. The minimum atomic E-state index is -0.585. The highest BCUT2D eigenvalue weighted by Crippen LogP contribution is 2.16. The van der Waals surface area contributed by atoms with Crippen LogP contribution in [0, 0.1) is 0 Å². The van der Waals surface area contributed by atoms with Gasteiger partial charge in [0.2, 0.25) is 0 Å². The quantitative estimate of drug-likeness (QED) is 0.610. The van der Waals surface area contributed by atoms with Gasteiger partial charge in [0.1, 0.15) is 6.10 Å².